The van der Waals surface area contributed by atoms with Gasteiger partial charge in [-0.2, -0.15) is 5.10 Å². The predicted octanol–water partition coefficient (Wildman–Crippen LogP) is 4.57. The summed E-state index contributed by atoms with van der Waals surface area (Å²) in [6.07, 6.45) is 1.67. The molecule has 0 unspecified atom stereocenters. The van der Waals surface area contributed by atoms with Crippen molar-refractivity contribution in [2.24, 2.45) is 5.73 Å². The molecule has 9 nitrogen and oxygen atoms in total. The highest BCUT2D eigenvalue weighted by molar-refractivity contribution is 6.04. The van der Waals surface area contributed by atoms with E-state index in [2.05, 4.69) is 25.5 Å². The Hall–Kier alpha value is -4.86. The van der Waals surface area contributed by atoms with Crippen LogP contribution in [0, 0.1) is 26.6 Å². The summed E-state index contributed by atoms with van der Waals surface area (Å²) in [5.41, 5.74) is 17.8. The first kappa shape index (κ1) is 22.9. The van der Waals surface area contributed by atoms with Crippen molar-refractivity contribution < 1.29 is 9.18 Å². The molecule has 1 amide bonds. The molecular weight excluding hydrogens is 459 g/mol. The van der Waals surface area contributed by atoms with Crippen LogP contribution in [0.2, 0.25) is 0 Å². The van der Waals surface area contributed by atoms with E-state index < -0.39 is 11.7 Å². The number of aromatic nitrogens is 5. The number of aryl methyl sites for hydroxylation is 3. The number of H-pyrrole nitrogens is 1. The third kappa shape index (κ3) is 4.09. The fraction of sp³-hybridized carbons (Fsp3) is 0.115. The van der Waals surface area contributed by atoms with Gasteiger partial charge in [0.2, 0.25) is 0 Å². The number of pyridine rings is 1. The van der Waals surface area contributed by atoms with E-state index in [4.69, 9.17) is 16.5 Å². The van der Waals surface area contributed by atoms with Crippen LogP contribution in [-0.2, 0) is 0 Å². The van der Waals surface area contributed by atoms with E-state index in [9.17, 15) is 9.18 Å². The Morgan fingerprint density at radius 3 is 2.47 bits per heavy atom. The van der Waals surface area contributed by atoms with E-state index >= 15 is 0 Å². The standard InChI is InChI=1S/C26H23FN8O/c1-12-4-7-19-18(11-30-35-19)21(12)23-22(28)24(25(29)36)34-26(33-23)17-6-5-15(27)10-20(17)32-16-8-13(2)31-14(3)9-16/h4-11H,28H2,1-3H3,(H2,29,36)(H,30,35)(H,31,32). The SMILES string of the molecule is Cc1cc(Nc2cc(F)ccc2-c2nc(C(N)=O)c(N)c(-c3c(C)ccc4[nH]ncc34)n2)cc(C)n1. The fourth-order valence-electron chi connectivity index (χ4n) is 4.29. The second kappa shape index (κ2) is 8.73. The summed E-state index contributed by atoms with van der Waals surface area (Å²) in [5, 5.41) is 11.1. The maximum Gasteiger partial charge on any atom is 0.269 e. The van der Waals surface area contributed by atoms with Crippen LogP contribution in [0.25, 0.3) is 33.5 Å². The van der Waals surface area contributed by atoms with Crippen molar-refractivity contribution in [3.8, 4) is 22.6 Å². The number of carbonyl (C=O) groups excluding carboxylic acids is 1. The van der Waals surface area contributed by atoms with Crippen molar-refractivity contribution >= 4 is 33.9 Å². The molecule has 0 spiro atoms. The molecule has 0 saturated carbocycles. The van der Waals surface area contributed by atoms with Gasteiger partial charge in [-0.3, -0.25) is 14.9 Å². The van der Waals surface area contributed by atoms with Gasteiger partial charge in [0.1, 0.15) is 5.82 Å². The van der Waals surface area contributed by atoms with Gasteiger partial charge in [-0.25, -0.2) is 14.4 Å². The summed E-state index contributed by atoms with van der Waals surface area (Å²) < 4.78 is 14.3. The number of rotatable bonds is 5. The van der Waals surface area contributed by atoms with Crippen LogP contribution < -0.4 is 16.8 Å². The molecule has 5 rings (SSSR count). The lowest BCUT2D eigenvalue weighted by Crippen LogP contribution is -2.18. The van der Waals surface area contributed by atoms with Gasteiger partial charge >= 0.3 is 0 Å². The van der Waals surface area contributed by atoms with Gasteiger partial charge in [-0.15, -0.1) is 0 Å². The van der Waals surface area contributed by atoms with Crippen LogP contribution in [0.4, 0.5) is 21.5 Å². The molecule has 180 valence electrons. The van der Waals surface area contributed by atoms with Crippen LogP contribution >= 0.6 is 0 Å². The van der Waals surface area contributed by atoms with Gasteiger partial charge in [0.05, 0.1) is 28.8 Å². The maximum atomic E-state index is 14.3. The number of fused-ring (bicyclic) bond motifs is 1. The molecule has 0 aliphatic carbocycles. The van der Waals surface area contributed by atoms with Gasteiger partial charge in [-0.1, -0.05) is 6.07 Å². The molecule has 0 atom stereocenters. The third-order valence-corrected chi connectivity index (χ3v) is 5.83. The number of nitrogens with zero attached hydrogens (tertiary/aromatic N) is 4. The van der Waals surface area contributed by atoms with Gasteiger partial charge in [0.15, 0.2) is 11.5 Å². The Balaban J connectivity index is 1.75. The minimum Gasteiger partial charge on any atom is -0.395 e. The molecule has 5 aromatic rings. The van der Waals surface area contributed by atoms with Gasteiger partial charge in [0, 0.05) is 33.6 Å². The van der Waals surface area contributed by atoms with E-state index in [1.807, 2.05) is 45.0 Å². The highest BCUT2D eigenvalue weighted by Crippen LogP contribution is 2.37. The fourth-order valence-corrected chi connectivity index (χ4v) is 4.29. The lowest BCUT2D eigenvalue weighted by Gasteiger charge is -2.16. The number of nitrogen functional groups attached to an aromatic ring is 1. The summed E-state index contributed by atoms with van der Waals surface area (Å²) >= 11 is 0. The van der Waals surface area contributed by atoms with E-state index in [1.54, 1.807) is 12.3 Å². The quantitative estimate of drug-likeness (QED) is 0.287. The molecule has 0 bridgehead atoms. The van der Waals surface area contributed by atoms with E-state index in [0.717, 1.165) is 33.5 Å². The Morgan fingerprint density at radius 1 is 1.00 bits per heavy atom. The smallest absolute Gasteiger partial charge is 0.269 e. The molecule has 3 heterocycles. The van der Waals surface area contributed by atoms with Gasteiger partial charge in [0.25, 0.3) is 5.91 Å². The van der Waals surface area contributed by atoms with Crippen LogP contribution in [0.5, 0.6) is 0 Å². The Kier molecular flexibility index (Phi) is 5.56. The average Bonchev–Trinajstić information content (AvgIpc) is 3.28. The van der Waals surface area contributed by atoms with Crippen LogP contribution in [0.15, 0.2) is 48.7 Å². The predicted molar refractivity (Wildman–Crippen MR) is 137 cm³/mol. The number of aromatic amines is 1. The molecule has 6 N–H and O–H groups in total. The Bertz CT molecular complexity index is 1640. The second-order valence-corrected chi connectivity index (χ2v) is 8.56. The van der Waals surface area contributed by atoms with Crippen molar-refractivity contribution in [2.75, 3.05) is 11.1 Å². The largest absolute Gasteiger partial charge is 0.395 e. The lowest BCUT2D eigenvalue weighted by molar-refractivity contribution is 0.0996. The number of hydrogen-bond donors (Lipinski definition) is 4. The summed E-state index contributed by atoms with van der Waals surface area (Å²) in [6, 6.07) is 11.7. The number of nitrogens with one attached hydrogen (secondary N) is 2. The zero-order valence-corrected chi connectivity index (χ0v) is 19.8. The Morgan fingerprint density at radius 2 is 1.75 bits per heavy atom. The normalized spacial score (nSPS) is 11.1. The number of benzene rings is 2. The molecular formula is C26H23FN8O. The van der Waals surface area contributed by atoms with Crippen molar-refractivity contribution in [3.63, 3.8) is 0 Å². The monoisotopic (exact) mass is 482 g/mol. The topological polar surface area (TPSA) is 148 Å². The highest BCUT2D eigenvalue weighted by Gasteiger charge is 2.22. The summed E-state index contributed by atoms with van der Waals surface area (Å²) in [5.74, 6) is -1.09. The minimum atomic E-state index is -0.800. The van der Waals surface area contributed by atoms with E-state index in [-0.39, 0.29) is 17.2 Å². The van der Waals surface area contributed by atoms with Gasteiger partial charge in [-0.05, 0) is 62.7 Å². The molecule has 0 aliphatic rings. The first-order chi connectivity index (χ1) is 17.2. The molecule has 0 radical (unpaired) electrons. The zero-order valence-electron chi connectivity index (χ0n) is 19.8. The lowest BCUT2D eigenvalue weighted by atomic mass is 9.99. The van der Waals surface area contributed by atoms with Gasteiger partial charge < -0.3 is 16.8 Å². The molecule has 36 heavy (non-hydrogen) atoms. The van der Waals surface area contributed by atoms with Crippen molar-refractivity contribution in [1.82, 2.24) is 25.1 Å². The first-order valence-corrected chi connectivity index (χ1v) is 11.1. The third-order valence-electron chi connectivity index (χ3n) is 5.83. The number of carbonyl (C=O) groups is 1. The Labute approximate surface area is 205 Å². The van der Waals surface area contributed by atoms with E-state index in [0.29, 0.717) is 22.5 Å². The number of primary amides is 1. The number of nitrogens with two attached hydrogens (primary N) is 2. The molecule has 2 aromatic carbocycles. The summed E-state index contributed by atoms with van der Waals surface area (Å²) in [4.78, 5) is 25.9. The van der Waals surface area contributed by atoms with Crippen molar-refractivity contribution in [1.29, 1.82) is 0 Å². The number of amides is 1. The van der Waals surface area contributed by atoms with E-state index in [1.165, 1.54) is 12.1 Å². The molecule has 10 heteroatoms. The summed E-state index contributed by atoms with van der Waals surface area (Å²) in [7, 11) is 0. The highest BCUT2D eigenvalue weighted by atomic mass is 19.1. The van der Waals surface area contributed by atoms with Crippen LogP contribution in [0.1, 0.15) is 27.4 Å². The molecule has 0 aliphatic heterocycles. The average molecular weight is 483 g/mol. The molecule has 3 aromatic heterocycles. The minimum absolute atomic E-state index is 0.0556. The number of halogens is 1. The zero-order chi connectivity index (χ0) is 25.6. The van der Waals surface area contributed by atoms with Crippen molar-refractivity contribution in [2.45, 2.75) is 20.8 Å². The molecule has 0 saturated heterocycles. The second-order valence-electron chi connectivity index (χ2n) is 8.56. The number of hydrogen-bond acceptors (Lipinski definition) is 7. The number of anilines is 3. The van der Waals surface area contributed by atoms with Crippen LogP contribution in [-0.4, -0.2) is 31.1 Å². The molecule has 0 fully saturated rings. The maximum absolute atomic E-state index is 14.3. The van der Waals surface area contributed by atoms with Crippen LogP contribution in [0.3, 0.4) is 0 Å². The first-order valence-electron chi connectivity index (χ1n) is 11.1. The van der Waals surface area contributed by atoms with Crippen molar-refractivity contribution in [3.05, 3.63) is 77.1 Å². The summed E-state index contributed by atoms with van der Waals surface area (Å²) in [6.45, 7) is 5.65.